The van der Waals surface area contributed by atoms with Crippen LogP contribution in [-0.4, -0.2) is 5.91 Å². The maximum Gasteiger partial charge on any atom is 0.257 e. The van der Waals surface area contributed by atoms with E-state index in [9.17, 15) is 4.79 Å². The second-order valence-corrected chi connectivity index (χ2v) is 4.84. The molecule has 2 aromatic rings. The van der Waals surface area contributed by atoms with E-state index in [0.29, 0.717) is 22.0 Å². The fourth-order valence-corrected chi connectivity index (χ4v) is 1.96. The van der Waals surface area contributed by atoms with Gasteiger partial charge in [0.05, 0.1) is 10.6 Å². The number of carbonyl (C=O) groups excluding carboxylic acids is 1. The van der Waals surface area contributed by atoms with E-state index in [0.717, 1.165) is 0 Å². The summed E-state index contributed by atoms with van der Waals surface area (Å²) in [6.45, 7) is 0. The highest BCUT2D eigenvalue weighted by atomic mass is 35.5. The third kappa shape index (κ3) is 4.34. The summed E-state index contributed by atoms with van der Waals surface area (Å²) in [5.74, 6) is -0.299. The quantitative estimate of drug-likeness (QED) is 0.834. The number of halogens is 1. The molecule has 5 nitrogen and oxygen atoms in total. The number of nitrogens with zero attached hydrogens (tertiary/aromatic N) is 2. The minimum absolute atomic E-state index is 0.0268. The van der Waals surface area contributed by atoms with E-state index in [-0.39, 0.29) is 11.5 Å². The van der Waals surface area contributed by atoms with Gasteiger partial charge in [-0.1, -0.05) is 23.7 Å². The van der Waals surface area contributed by atoms with Crippen LogP contribution in [0.5, 0.6) is 0 Å². The summed E-state index contributed by atoms with van der Waals surface area (Å²) in [5, 5.41) is 23.2. The lowest BCUT2D eigenvalue weighted by Crippen LogP contribution is -2.12. The Hall–Kier alpha value is -3.28. The highest BCUT2D eigenvalue weighted by Crippen LogP contribution is 2.18. The Morgan fingerprint density at radius 2 is 1.61 bits per heavy atom. The van der Waals surface area contributed by atoms with Crippen molar-refractivity contribution >= 4 is 28.9 Å². The maximum absolute atomic E-state index is 12.1. The van der Waals surface area contributed by atoms with Crippen LogP contribution in [0.15, 0.2) is 60.3 Å². The fourth-order valence-electron chi connectivity index (χ4n) is 1.74. The molecule has 0 saturated heterocycles. The molecule has 2 rings (SSSR count). The number of hydrogen-bond donors (Lipinski definition) is 2. The molecule has 0 aromatic heterocycles. The van der Waals surface area contributed by atoms with Gasteiger partial charge in [0.25, 0.3) is 5.91 Å². The average molecular weight is 323 g/mol. The third-order valence-electron chi connectivity index (χ3n) is 2.89. The fraction of sp³-hybridized carbons (Fsp3) is 0. The van der Waals surface area contributed by atoms with Crippen molar-refractivity contribution in [2.24, 2.45) is 0 Å². The summed E-state index contributed by atoms with van der Waals surface area (Å²) in [6.07, 6.45) is 1.32. The molecule has 0 aliphatic heterocycles. The molecule has 1 amide bonds. The molecule has 0 spiro atoms. The SMILES string of the molecule is N#CC(C#N)=CNc1ccc(NC(=O)c2ccccc2Cl)cc1. The van der Waals surface area contributed by atoms with Gasteiger partial charge >= 0.3 is 0 Å². The topological polar surface area (TPSA) is 88.7 Å². The van der Waals surface area contributed by atoms with Crippen molar-refractivity contribution in [3.8, 4) is 12.1 Å². The van der Waals surface area contributed by atoms with Gasteiger partial charge in [0.1, 0.15) is 17.7 Å². The monoisotopic (exact) mass is 322 g/mol. The molecule has 0 saturated carbocycles. The Balaban J connectivity index is 2.05. The maximum atomic E-state index is 12.1. The number of hydrogen-bond acceptors (Lipinski definition) is 4. The van der Waals surface area contributed by atoms with Crippen molar-refractivity contribution in [2.75, 3.05) is 10.6 Å². The van der Waals surface area contributed by atoms with Gasteiger partial charge in [0.15, 0.2) is 0 Å². The Morgan fingerprint density at radius 3 is 2.22 bits per heavy atom. The van der Waals surface area contributed by atoms with Crippen molar-refractivity contribution in [1.29, 1.82) is 10.5 Å². The van der Waals surface area contributed by atoms with Crippen LogP contribution in [0.1, 0.15) is 10.4 Å². The van der Waals surface area contributed by atoms with E-state index in [1.165, 1.54) is 6.20 Å². The van der Waals surface area contributed by atoms with Crippen LogP contribution < -0.4 is 10.6 Å². The molecule has 0 fully saturated rings. The van der Waals surface area contributed by atoms with Crippen molar-refractivity contribution in [3.05, 3.63) is 70.9 Å². The van der Waals surface area contributed by atoms with Crippen LogP contribution in [0, 0.1) is 22.7 Å². The van der Waals surface area contributed by atoms with E-state index in [1.54, 1.807) is 60.7 Å². The lowest BCUT2D eigenvalue weighted by atomic mass is 10.2. The lowest BCUT2D eigenvalue weighted by Gasteiger charge is -2.07. The number of nitriles is 2. The number of nitrogens with one attached hydrogen (secondary N) is 2. The molecular formula is C17H11ClN4O. The minimum atomic E-state index is -0.299. The van der Waals surface area contributed by atoms with Gasteiger partial charge in [-0.25, -0.2) is 0 Å². The highest BCUT2D eigenvalue weighted by Gasteiger charge is 2.09. The van der Waals surface area contributed by atoms with Gasteiger partial charge in [-0.05, 0) is 36.4 Å². The molecule has 2 N–H and O–H groups in total. The summed E-state index contributed by atoms with van der Waals surface area (Å²) >= 11 is 5.98. The van der Waals surface area contributed by atoms with Crippen LogP contribution in [-0.2, 0) is 0 Å². The first-order chi connectivity index (χ1) is 11.1. The lowest BCUT2D eigenvalue weighted by molar-refractivity contribution is 0.102. The molecule has 0 aliphatic rings. The number of amides is 1. The zero-order valence-electron chi connectivity index (χ0n) is 11.9. The molecule has 112 valence electrons. The van der Waals surface area contributed by atoms with Crippen LogP contribution in [0.25, 0.3) is 0 Å². The Morgan fingerprint density at radius 1 is 1.00 bits per heavy atom. The average Bonchev–Trinajstić information content (AvgIpc) is 2.57. The van der Waals surface area contributed by atoms with Crippen LogP contribution in [0.4, 0.5) is 11.4 Å². The number of carbonyl (C=O) groups is 1. The number of rotatable bonds is 4. The van der Waals surface area contributed by atoms with E-state index < -0.39 is 0 Å². The van der Waals surface area contributed by atoms with Gasteiger partial charge in [0, 0.05) is 17.6 Å². The van der Waals surface area contributed by atoms with Gasteiger partial charge in [-0.3, -0.25) is 4.79 Å². The van der Waals surface area contributed by atoms with Crippen molar-refractivity contribution in [1.82, 2.24) is 0 Å². The summed E-state index contributed by atoms with van der Waals surface area (Å²) in [4.78, 5) is 12.1. The number of benzene rings is 2. The van der Waals surface area contributed by atoms with Gasteiger partial charge in [-0.15, -0.1) is 0 Å². The van der Waals surface area contributed by atoms with Gasteiger partial charge < -0.3 is 10.6 Å². The Labute approximate surface area is 138 Å². The molecule has 0 atom stereocenters. The molecule has 0 heterocycles. The molecule has 0 aliphatic carbocycles. The summed E-state index contributed by atoms with van der Waals surface area (Å²) < 4.78 is 0. The molecule has 2 aromatic carbocycles. The molecule has 0 unspecified atom stereocenters. The van der Waals surface area contributed by atoms with E-state index in [2.05, 4.69) is 10.6 Å². The first-order valence-electron chi connectivity index (χ1n) is 6.57. The van der Waals surface area contributed by atoms with E-state index >= 15 is 0 Å². The van der Waals surface area contributed by atoms with Gasteiger partial charge in [0.2, 0.25) is 0 Å². The predicted molar refractivity (Wildman–Crippen MR) is 88.8 cm³/mol. The summed E-state index contributed by atoms with van der Waals surface area (Å²) in [7, 11) is 0. The molecular weight excluding hydrogens is 312 g/mol. The summed E-state index contributed by atoms with van der Waals surface area (Å²) in [5.41, 5.74) is 1.65. The molecule has 6 heteroatoms. The van der Waals surface area contributed by atoms with Gasteiger partial charge in [-0.2, -0.15) is 10.5 Å². The molecule has 23 heavy (non-hydrogen) atoms. The first kappa shape index (κ1) is 16.1. The third-order valence-corrected chi connectivity index (χ3v) is 3.21. The number of anilines is 2. The molecule has 0 bridgehead atoms. The summed E-state index contributed by atoms with van der Waals surface area (Å²) in [6, 6.07) is 17.1. The second-order valence-electron chi connectivity index (χ2n) is 4.44. The number of allylic oxidation sites excluding steroid dienone is 1. The standard InChI is InChI=1S/C17H11ClN4O/c18-16-4-2-1-3-15(16)17(23)22-14-7-5-13(6-8-14)21-11-12(9-19)10-20/h1-8,11,21H,(H,22,23). The Bertz CT molecular complexity index is 813. The van der Waals surface area contributed by atoms with Crippen LogP contribution in [0.3, 0.4) is 0 Å². The molecule has 0 radical (unpaired) electrons. The van der Waals surface area contributed by atoms with E-state index in [4.69, 9.17) is 22.1 Å². The second kappa shape index (κ2) is 7.65. The zero-order chi connectivity index (χ0) is 16.7. The first-order valence-corrected chi connectivity index (χ1v) is 6.94. The van der Waals surface area contributed by atoms with E-state index in [1.807, 2.05) is 0 Å². The van der Waals surface area contributed by atoms with Crippen LogP contribution in [0.2, 0.25) is 5.02 Å². The smallest absolute Gasteiger partial charge is 0.257 e. The largest absolute Gasteiger partial charge is 0.360 e. The van der Waals surface area contributed by atoms with Crippen molar-refractivity contribution < 1.29 is 4.79 Å². The minimum Gasteiger partial charge on any atom is -0.360 e. The zero-order valence-corrected chi connectivity index (χ0v) is 12.6. The van der Waals surface area contributed by atoms with Crippen molar-refractivity contribution in [2.45, 2.75) is 0 Å². The highest BCUT2D eigenvalue weighted by molar-refractivity contribution is 6.34. The van der Waals surface area contributed by atoms with Crippen molar-refractivity contribution in [3.63, 3.8) is 0 Å². The van der Waals surface area contributed by atoms with Crippen LogP contribution >= 0.6 is 11.6 Å². The Kier molecular flexibility index (Phi) is 5.35. The normalized spacial score (nSPS) is 9.17. The predicted octanol–water partition coefficient (Wildman–Crippen LogP) is 3.94.